The summed E-state index contributed by atoms with van der Waals surface area (Å²) in [6.45, 7) is 3.35. The number of esters is 1. The average molecular weight is 603 g/mol. The minimum Gasteiger partial charge on any atom is -0.491 e. The Morgan fingerprint density at radius 2 is 1.35 bits per heavy atom. The summed E-state index contributed by atoms with van der Waals surface area (Å²) in [5, 5.41) is 0. The SMILES string of the molecule is CCOc1ccc(C2=CCC(c3ccc(OC(=O)C4CCC(c5ccc(C)c(F)c5F)CC4)c(F)c3F)CC2)c(F)c1F. The van der Waals surface area contributed by atoms with Gasteiger partial charge in [-0.1, -0.05) is 24.3 Å². The van der Waals surface area contributed by atoms with Crippen LogP contribution in [0.25, 0.3) is 5.57 Å². The topological polar surface area (TPSA) is 35.5 Å². The Hall–Kier alpha value is -3.75. The Kier molecular flexibility index (Phi) is 9.18. The highest BCUT2D eigenvalue weighted by Crippen LogP contribution is 2.41. The second-order valence-electron chi connectivity index (χ2n) is 11.2. The molecule has 0 aromatic heterocycles. The summed E-state index contributed by atoms with van der Waals surface area (Å²) >= 11 is 0. The van der Waals surface area contributed by atoms with Crippen molar-refractivity contribution in [3.05, 3.63) is 99.6 Å². The molecule has 3 aromatic carbocycles. The molecule has 0 heterocycles. The normalized spacial score (nSPS) is 20.5. The van der Waals surface area contributed by atoms with Crippen molar-refractivity contribution in [3.8, 4) is 11.5 Å². The lowest BCUT2D eigenvalue weighted by Crippen LogP contribution is -2.26. The fraction of sp³-hybridized carbons (Fsp3) is 0.382. The number of carbonyl (C=O) groups excluding carboxylic acids is 1. The second kappa shape index (κ2) is 12.9. The van der Waals surface area contributed by atoms with Crippen molar-refractivity contribution in [1.29, 1.82) is 0 Å². The van der Waals surface area contributed by atoms with Gasteiger partial charge in [0.15, 0.2) is 34.8 Å². The summed E-state index contributed by atoms with van der Waals surface area (Å²) in [5.74, 6) is -8.82. The van der Waals surface area contributed by atoms with Crippen molar-refractivity contribution in [2.45, 2.75) is 70.6 Å². The van der Waals surface area contributed by atoms with E-state index in [1.54, 1.807) is 19.1 Å². The maximum absolute atomic E-state index is 15.2. The average Bonchev–Trinajstić information content (AvgIpc) is 3.01. The van der Waals surface area contributed by atoms with E-state index >= 15 is 8.78 Å². The third kappa shape index (κ3) is 6.17. The van der Waals surface area contributed by atoms with Crippen molar-refractivity contribution >= 4 is 11.5 Å². The Morgan fingerprint density at radius 3 is 2.02 bits per heavy atom. The zero-order valence-corrected chi connectivity index (χ0v) is 23.9. The van der Waals surface area contributed by atoms with Crippen molar-refractivity contribution in [2.75, 3.05) is 6.61 Å². The molecule has 2 aliphatic carbocycles. The van der Waals surface area contributed by atoms with Crippen molar-refractivity contribution in [1.82, 2.24) is 0 Å². The van der Waals surface area contributed by atoms with Gasteiger partial charge in [0.05, 0.1) is 12.5 Å². The van der Waals surface area contributed by atoms with Crippen LogP contribution >= 0.6 is 0 Å². The van der Waals surface area contributed by atoms with Gasteiger partial charge in [-0.15, -0.1) is 0 Å². The third-order valence-corrected chi connectivity index (χ3v) is 8.64. The molecule has 3 aromatic rings. The van der Waals surface area contributed by atoms with Crippen LogP contribution in [-0.4, -0.2) is 12.6 Å². The van der Waals surface area contributed by atoms with Crippen molar-refractivity contribution < 1.29 is 40.6 Å². The van der Waals surface area contributed by atoms with E-state index in [0.29, 0.717) is 44.1 Å². The smallest absolute Gasteiger partial charge is 0.314 e. The van der Waals surface area contributed by atoms with E-state index in [9.17, 15) is 22.4 Å². The van der Waals surface area contributed by atoms with E-state index < -0.39 is 58.5 Å². The van der Waals surface area contributed by atoms with Crippen LogP contribution < -0.4 is 9.47 Å². The first kappa shape index (κ1) is 30.7. The summed E-state index contributed by atoms with van der Waals surface area (Å²) < 4.78 is 98.0. The quantitative estimate of drug-likeness (QED) is 0.154. The molecule has 0 bridgehead atoms. The Labute approximate surface area is 246 Å². The molecule has 3 nitrogen and oxygen atoms in total. The summed E-state index contributed by atoms with van der Waals surface area (Å²) in [6, 6.07) is 8.52. The zero-order valence-electron chi connectivity index (χ0n) is 23.9. The second-order valence-corrected chi connectivity index (χ2v) is 11.2. The summed E-state index contributed by atoms with van der Waals surface area (Å²) in [5.41, 5.74) is 1.30. The number of ether oxygens (including phenoxy) is 2. The van der Waals surface area contributed by atoms with Crippen LogP contribution in [0.5, 0.6) is 11.5 Å². The molecule has 0 radical (unpaired) electrons. The molecule has 0 N–H and O–H groups in total. The summed E-state index contributed by atoms with van der Waals surface area (Å²) in [6.07, 6.45) is 4.24. The molecular formula is C34H32F6O3. The zero-order chi connectivity index (χ0) is 30.8. The van der Waals surface area contributed by atoms with E-state index in [0.717, 1.165) is 0 Å². The molecular weight excluding hydrogens is 570 g/mol. The van der Waals surface area contributed by atoms with Gasteiger partial charge in [0.1, 0.15) is 0 Å². The van der Waals surface area contributed by atoms with E-state index in [2.05, 4.69) is 0 Å². The third-order valence-electron chi connectivity index (χ3n) is 8.64. The Morgan fingerprint density at radius 1 is 0.721 bits per heavy atom. The van der Waals surface area contributed by atoms with Gasteiger partial charge >= 0.3 is 5.97 Å². The van der Waals surface area contributed by atoms with E-state index in [4.69, 9.17) is 9.47 Å². The maximum atomic E-state index is 15.2. The van der Waals surface area contributed by atoms with Gasteiger partial charge in [0.25, 0.3) is 0 Å². The van der Waals surface area contributed by atoms with Crippen LogP contribution in [0.4, 0.5) is 26.3 Å². The number of hydrogen-bond donors (Lipinski definition) is 0. The monoisotopic (exact) mass is 602 g/mol. The predicted molar refractivity (Wildman–Crippen MR) is 150 cm³/mol. The number of hydrogen-bond acceptors (Lipinski definition) is 3. The number of allylic oxidation sites excluding steroid dienone is 2. The number of aryl methyl sites for hydroxylation is 1. The van der Waals surface area contributed by atoms with Gasteiger partial charge < -0.3 is 9.47 Å². The lowest BCUT2D eigenvalue weighted by atomic mass is 9.78. The van der Waals surface area contributed by atoms with Gasteiger partial charge in [-0.2, -0.15) is 8.78 Å². The fourth-order valence-corrected chi connectivity index (χ4v) is 6.16. The highest BCUT2D eigenvalue weighted by atomic mass is 19.2. The highest BCUT2D eigenvalue weighted by Gasteiger charge is 2.32. The Bertz CT molecular complexity index is 1560. The number of halogens is 6. The van der Waals surface area contributed by atoms with E-state index in [-0.39, 0.29) is 46.9 Å². The number of rotatable bonds is 7. The highest BCUT2D eigenvalue weighted by molar-refractivity contribution is 5.75. The molecule has 1 unspecified atom stereocenters. The summed E-state index contributed by atoms with van der Waals surface area (Å²) in [4.78, 5) is 12.8. The molecule has 43 heavy (non-hydrogen) atoms. The molecule has 0 amide bonds. The Balaban J connectivity index is 1.22. The minimum absolute atomic E-state index is 0.110. The van der Waals surface area contributed by atoms with Crippen molar-refractivity contribution in [3.63, 3.8) is 0 Å². The lowest BCUT2D eigenvalue weighted by Gasteiger charge is -2.28. The molecule has 228 valence electrons. The van der Waals surface area contributed by atoms with Crippen LogP contribution in [0.1, 0.15) is 86.0 Å². The van der Waals surface area contributed by atoms with Gasteiger partial charge in [-0.05, 0) is 111 Å². The first-order valence-electron chi connectivity index (χ1n) is 14.5. The van der Waals surface area contributed by atoms with Gasteiger partial charge in [-0.25, -0.2) is 17.6 Å². The van der Waals surface area contributed by atoms with Crippen LogP contribution in [0.2, 0.25) is 0 Å². The molecule has 9 heteroatoms. The molecule has 0 spiro atoms. The molecule has 0 aliphatic heterocycles. The van der Waals surface area contributed by atoms with E-state index in [1.807, 2.05) is 0 Å². The fourth-order valence-electron chi connectivity index (χ4n) is 6.16. The predicted octanol–water partition coefficient (Wildman–Crippen LogP) is 9.46. The summed E-state index contributed by atoms with van der Waals surface area (Å²) in [7, 11) is 0. The van der Waals surface area contributed by atoms with Crippen molar-refractivity contribution in [2.24, 2.45) is 5.92 Å². The first-order valence-corrected chi connectivity index (χ1v) is 14.5. The van der Waals surface area contributed by atoms with E-state index in [1.165, 1.54) is 37.3 Å². The number of carbonyl (C=O) groups is 1. The number of benzene rings is 3. The van der Waals surface area contributed by atoms with Crippen LogP contribution in [-0.2, 0) is 4.79 Å². The van der Waals surface area contributed by atoms with Crippen LogP contribution in [0, 0.1) is 47.7 Å². The van der Waals surface area contributed by atoms with Gasteiger partial charge in [0, 0.05) is 5.56 Å². The molecule has 5 rings (SSSR count). The van der Waals surface area contributed by atoms with Crippen LogP contribution in [0.15, 0.2) is 42.5 Å². The molecule has 1 saturated carbocycles. The molecule has 0 saturated heterocycles. The van der Waals surface area contributed by atoms with Gasteiger partial charge in [0.2, 0.25) is 11.6 Å². The maximum Gasteiger partial charge on any atom is 0.314 e. The molecule has 1 fully saturated rings. The van der Waals surface area contributed by atoms with Gasteiger partial charge in [-0.3, -0.25) is 4.79 Å². The molecule has 1 atom stereocenters. The minimum atomic E-state index is -1.27. The molecule has 2 aliphatic rings. The lowest BCUT2D eigenvalue weighted by molar-refractivity contribution is -0.140. The largest absolute Gasteiger partial charge is 0.491 e. The standard InChI is InChI=1S/C34H32F6O3/c1-3-42-26-16-14-24(30(37)32(26)39)19-5-7-20(8-6-19)25-15-17-27(33(40)31(25)38)43-34(41)22-11-9-21(10-12-22)23-13-4-18(2)28(35)29(23)36/h4-5,13-17,20-22H,3,6-12H2,1-2H3. The van der Waals surface area contributed by atoms with Crippen LogP contribution in [0.3, 0.4) is 0 Å². The first-order chi connectivity index (χ1) is 20.6.